The van der Waals surface area contributed by atoms with Gasteiger partial charge in [-0.15, -0.1) is 10.2 Å². The van der Waals surface area contributed by atoms with Gasteiger partial charge in [0, 0.05) is 36.8 Å². The molecule has 0 spiro atoms. The van der Waals surface area contributed by atoms with Gasteiger partial charge in [-0.05, 0) is 26.0 Å². The third kappa shape index (κ3) is 4.27. The van der Waals surface area contributed by atoms with Crippen molar-refractivity contribution in [3.05, 3.63) is 41.1 Å². The van der Waals surface area contributed by atoms with Crippen LogP contribution >= 0.6 is 0 Å². The second-order valence-electron chi connectivity index (χ2n) is 7.31. The fourth-order valence-corrected chi connectivity index (χ4v) is 3.54. The van der Waals surface area contributed by atoms with Crippen LogP contribution in [0.25, 0.3) is 23.0 Å². The van der Waals surface area contributed by atoms with Gasteiger partial charge >= 0.3 is 12.0 Å². The SMILES string of the molecule is CCOC(=O)CNC(=O)N1CCc2c(c(-c3nnc(-c4ccc(C)cc4)o3)nn2C)C1. The van der Waals surface area contributed by atoms with E-state index < -0.39 is 5.97 Å². The molecule has 1 N–H and O–H groups in total. The molecule has 2 amide bonds. The number of fused-ring (bicyclic) bond motifs is 1. The smallest absolute Gasteiger partial charge is 0.325 e. The number of rotatable bonds is 5. The molecule has 31 heavy (non-hydrogen) atoms. The Kier molecular flexibility index (Phi) is 5.70. The highest BCUT2D eigenvalue weighted by Crippen LogP contribution is 2.30. The van der Waals surface area contributed by atoms with Crippen molar-refractivity contribution >= 4 is 12.0 Å². The lowest BCUT2D eigenvalue weighted by Crippen LogP contribution is -2.44. The van der Waals surface area contributed by atoms with E-state index in [0.29, 0.717) is 37.0 Å². The molecule has 2 aromatic heterocycles. The summed E-state index contributed by atoms with van der Waals surface area (Å²) in [4.78, 5) is 25.7. The first kappa shape index (κ1) is 20.6. The van der Waals surface area contributed by atoms with Gasteiger partial charge in [0.05, 0.1) is 13.2 Å². The summed E-state index contributed by atoms with van der Waals surface area (Å²) in [6.07, 6.45) is 0.630. The van der Waals surface area contributed by atoms with Gasteiger partial charge in [0.1, 0.15) is 6.54 Å². The van der Waals surface area contributed by atoms with E-state index in [4.69, 9.17) is 9.15 Å². The van der Waals surface area contributed by atoms with Crippen LogP contribution in [0.15, 0.2) is 28.7 Å². The lowest BCUT2D eigenvalue weighted by molar-refractivity contribution is -0.141. The quantitative estimate of drug-likeness (QED) is 0.624. The van der Waals surface area contributed by atoms with E-state index in [1.54, 1.807) is 16.5 Å². The lowest BCUT2D eigenvalue weighted by Gasteiger charge is -2.27. The molecular formula is C21H24N6O4. The number of hydrogen-bond donors (Lipinski definition) is 1. The zero-order chi connectivity index (χ0) is 22.0. The van der Waals surface area contributed by atoms with Crippen molar-refractivity contribution in [2.24, 2.45) is 7.05 Å². The second-order valence-corrected chi connectivity index (χ2v) is 7.31. The molecule has 0 fully saturated rings. The molecule has 0 radical (unpaired) electrons. The molecule has 3 heterocycles. The van der Waals surface area contributed by atoms with Crippen LogP contribution in [0.1, 0.15) is 23.7 Å². The summed E-state index contributed by atoms with van der Waals surface area (Å²) in [5, 5.41) is 15.5. The number of carbonyl (C=O) groups is 2. The third-order valence-corrected chi connectivity index (χ3v) is 5.14. The normalized spacial score (nSPS) is 13.1. The molecule has 10 heteroatoms. The average molecular weight is 424 g/mol. The van der Waals surface area contributed by atoms with Gasteiger partial charge in [-0.1, -0.05) is 17.7 Å². The molecule has 10 nitrogen and oxygen atoms in total. The van der Waals surface area contributed by atoms with Crippen LogP contribution in [0.3, 0.4) is 0 Å². The van der Waals surface area contributed by atoms with Gasteiger partial charge in [-0.3, -0.25) is 9.48 Å². The first-order valence-electron chi connectivity index (χ1n) is 10.1. The standard InChI is InChI=1S/C21H24N6O4/c1-4-30-17(28)11-22-21(29)27-10-9-16-15(12-27)18(25-26(16)3)20-24-23-19(31-20)14-7-5-13(2)6-8-14/h5-8H,4,9-12H2,1-3H3,(H,22,29). The summed E-state index contributed by atoms with van der Waals surface area (Å²) in [5.74, 6) is 0.251. The number of ether oxygens (including phenoxy) is 1. The van der Waals surface area contributed by atoms with Gasteiger partial charge in [-0.2, -0.15) is 5.10 Å². The highest BCUT2D eigenvalue weighted by molar-refractivity contribution is 5.81. The highest BCUT2D eigenvalue weighted by atomic mass is 16.5. The molecule has 0 unspecified atom stereocenters. The average Bonchev–Trinajstić information content (AvgIpc) is 3.37. The maximum absolute atomic E-state index is 12.5. The van der Waals surface area contributed by atoms with Crippen LogP contribution in [0, 0.1) is 6.92 Å². The first-order valence-corrected chi connectivity index (χ1v) is 10.1. The van der Waals surface area contributed by atoms with Gasteiger partial charge in [0.25, 0.3) is 5.89 Å². The Morgan fingerprint density at radius 2 is 1.94 bits per heavy atom. The van der Waals surface area contributed by atoms with Crippen LogP contribution in [0.4, 0.5) is 4.79 Å². The summed E-state index contributed by atoms with van der Waals surface area (Å²) in [5.41, 5.74) is 4.41. The number of nitrogens with zero attached hydrogens (tertiary/aromatic N) is 5. The largest absolute Gasteiger partial charge is 0.465 e. The van der Waals surface area contributed by atoms with Gasteiger partial charge < -0.3 is 19.4 Å². The van der Waals surface area contributed by atoms with Gasteiger partial charge in [0.15, 0.2) is 5.69 Å². The minimum atomic E-state index is -0.467. The molecule has 4 rings (SSSR count). The van der Waals surface area contributed by atoms with E-state index in [1.807, 2.05) is 38.2 Å². The van der Waals surface area contributed by atoms with Crippen LogP contribution in [0.5, 0.6) is 0 Å². The Morgan fingerprint density at radius 1 is 1.19 bits per heavy atom. The molecule has 1 aromatic carbocycles. The second kappa shape index (κ2) is 8.58. The zero-order valence-corrected chi connectivity index (χ0v) is 17.7. The molecule has 0 saturated heterocycles. The molecule has 1 aliphatic heterocycles. The lowest BCUT2D eigenvalue weighted by atomic mass is 10.1. The number of aromatic nitrogens is 4. The molecule has 0 bridgehead atoms. The van der Waals surface area contributed by atoms with E-state index in [2.05, 4.69) is 20.6 Å². The van der Waals surface area contributed by atoms with Crippen molar-refractivity contribution in [2.75, 3.05) is 19.7 Å². The molecule has 3 aromatic rings. The van der Waals surface area contributed by atoms with E-state index >= 15 is 0 Å². The summed E-state index contributed by atoms with van der Waals surface area (Å²) in [6, 6.07) is 7.48. The Hall–Kier alpha value is -3.69. The van der Waals surface area contributed by atoms with E-state index in [-0.39, 0.29) is 19.2 Å². The summed E-state index contributed by atoms with van der Waals surface area (Å²) in [7, 11) is 1.86. The number of benzene rings is 1. The molecule has 162 valence electrons. The fourth-order valence-electron chi connectivity index (χ4n) is 3.54. The summed E-state index contributed by atoms with van der Waals surface area (Å²) < 4.78 is 12.5. The van der Waals surface area contributed by atoms with Crippen LogP contribution in [-0.4, -0.2) is 56.6 Å². The molecule has 0 saturated carbocycles. The number of aryl methyl sites for hydroxylation is 2. The van der Waals surface area contributed by atoms with Crippen molar-refractivity contribution in [2.45, 2.75) is 26.8 Å². The van der Waals surface area contributed by atoms with Crippen LogP contribution < -0.4 is 5.32 Å². The number of esters is 1. The number of amides is 2. The number of nitrogens with one attached hydrogen (secondary N) is 1. The van der Waals surface area contributed by atoms with Crippen molar-refractivity contribution in [1.29, 1.82) is 0 Å². The zero-order valence-electron chi connectivity index (χ0n) is 17.7. The number of hydrogen-bond acceptors (Lipinski definition) is 7. The van der Waals surface area contributed by atoms with Crippen LogP contribution in [-0.2, 0) is 29.5 Å². The molecule has 1 aliphatic rings. The summed E-state index contributed by atoms with van der Waals surface area (Å²) in [6.45, 7) is 4.68. The topological polar surface area (TPSA) is 115 Å². The molecule has 0 aliphatic carbocycles. The third-order valence-electron chi connectivity index (χ3n) is 5.14. The minimum absolute atomic E-state index is 0.167. The highest BCUT2D eigenvalue weighted by Gasteiger charge is 2.29. The van der Waals surface area contributed by atoms with E-state index in [9.17, 15) is 9.59 Å². The van der Waals surface area contributed by atoms with Crippen molar-refractivity contribution in [3.63, 3.8) is 0 Å². The predicted octanol–water partition coefficient (Wildman–Crippen LogP) is 2.08. The van der Waals surface area contributed by atoms with Crippen molar-refractivity contribution < 1.29 is 18.7 Å². The van der Waals surface area contributed by atoms with Crippen molar-refractivity contribution in [1.82, 2.24) is 30.2 Å². The Morgan fingerprint density at radius 3 is 2.68 bits per heavy atom. The predicted molar refractivity (Wildman–Crippen MR) is 111 cm³/mol. The minimum Gasteiger partial charge on any atom is -0.465 e. The molecular weight excluding hydrogens is 400 g/mol. The maximum Gasteiger partial charge on any atom is 0.325 e. The van der Waals surface area contributed by atoms with Crippen molar-refractivity contribution in [3.8, 4) is 23.0 Å². The van der Waals surface area contributed by atoms with E-state index in [0.717, 1.165) is 22.4 Å². The first-order chi connectivity index (χ1) is 15.0. The Labute approximate surface area is 179 Å². The monoisotopic (exact) mass is 424 g/mol. The molecule has 0 atom stereocenters. The number of urea groups is 1. The Bertz CT molecular complexity index is 1100. The van der Waals surface area contributed by atoms with Gasteiger partial charge in [-0.25, -0.2) is 4.79 Å². The number of carbonyl (C=O) groups excluding carboxylic acids is 2. The maximum atomic E-state index is 12.5. The van der Waals surface area contributed by atoms with Gasteiger partial charge in [0.2, 0.25) is 5.89 Å². The fraction of sp³-hybridized carbons (Fsp3) is 0.381. The summed E-state index contributed by atoms with van der Waals surface area (Å²) >= 11 is 0. The van der Waals surface area contributed by atoms with E-state index in [1.165, 1.54) is 0 Å². The Balaban J connectivity index is 1.53. The van der Waals surface area contributed by atoms with Crippen LogP contribution in [0.2, 0.25) is 0 Å².